The highest BCUT2D eigenvalue weighted by atomic mass is 35.5. The number of halogens is 10. The van der Waals surface area contributed by atoms with Crippen molar-refractivity contribution in [1.29, 1.82) is 0 Å². The minimum Gasteiger partial charge on any atom is -0.377 e. The molecule has 0 aromatic heterocycles. The zero-order chi connectivity index (χ0) is 29.3. The largest absolute Gasteiger partial charge is 0.416 e. The predicted octanol–water partition coefficient (Wildman–Crippen LogP) is 5.50. The number of rotatable bonds is 7. The Kier molecular flexibility index (Phi) is 8.43. The van der Waals surface area contributed by atoms with Crippen LogP contribution in [0.4, 0.5) is 39.5 Å². The van der Waals surface area contributed by atoms with Gasteiger partial charge in [-0.3, -0.25) is 9.59 Å². The molecule has 2 aromatic rings. The van der Waals surface area contributed by atoms with E-state index in [0.717, 1.165) is 0 Å². The summed E-state index contributed by atoms with van der Waals surface area (Å²) in [5.74, 6) is -3.48. The molecule has 1 heterocycles. The molecular weight excluding hydrogens is 573 g/mol. The first kappa shape index (κ1) is 30.1. The molecule has 3 rings (SSSR count). The van der Waals surface area contributed by atoms with Gasteiger partial charge in [0.15, 0.2) is 0 Å². The highest BCUT2D eigenvalue weighted by Gasteiger charge is 2.52. The van der Waals surface area contributed by atoms with E-state index in [1.165, 1.54) is 25.1 Å². The quantitative estimate of drug-likeness (QED) is 0.419. The number of alkyl halides is 8. The third-order valence-electron chi connectivity index (χ3n) is 5.61. The summed E-state index contributed by atoms with van der Waals surface area (Å²) in [6.07, 6.45) is -14.1. The maximum Gasteiger partial charge on any atom is 0.416 e. The molecule has 0 aliphatic carbocycles. The molecule has 1 aliphatic heterocycles. The lowest BCUT2D eigenvalue weighted by Crippen LogP contribution is -2.41. The van der Waals surface area contributed by atoms with Crippen LogP contribution in [0.3, 0.4) is 0 Å². The van der Waals surface area contributed by atoms with Crippen molar-refractivity contribution < 1.29 is 53.9 Å². The zero-order valence-electron chi connectivity index (χ0n) is 19.5. The van der Waals surface area contributed by atoms with Gasteiger partial charge in [-0.1, -0.05) is 22.8 Å². The van der Waals surface area contributed by atoms with E-state index in [4.69, 9.17) is 16.4 Å². The van der Waals surface area contributed by atoms with Crippen molar-refractivity contribution in [2.45, 2.75) is 37.7 Å². The first-order valence-corrected chi connectivity index (χ1v) is 11.1. The fourth-order valence-corrected chi connectivity index (χ4v) is 3.88. The van der Waals surface area contributed by atoms with Crippen molar-refractivity contribution in [3.05, 3.63) is 69.0 Å². The molecule has 0 unspecified atom stereocenters. The van der Waals surface area contributed by atoms with Gasteiger partial charge in [0.05, 0.1) is 22.8 Å². The first-order valence-electron chi connectivity index (χ1n) is 10.8. The molecule has 0 saturated carbocycles. The van der Waals surface area contributed by atoms with Crippen LogP contribution in [-0.4, -0.2) is 43.2 Å². The maximum absolute atomic E-state index is 14.7. The second kappa shape index (κ2) is 10.9. The first-order chi connectivity index (χ1) is 17.9. The van der Waals surface area contributed by atoms with Gasteiger partial charge in [-0.25, -0.2) is 13.2 Å². The summed E-state index contributed by atoms with van der Waals surface area (Å²) in [6, 6.07) is 4.14. The molecular formula is C23H17ClF9N3O3. The standard InChI is InChI=1S/C23H17ClF9N3O3/c1-10-4-11(2-3-13(10)19(38)34-8-17(37)35-9-22(28,29)30)16-7-21(20(26)27,39-36-16)14-5-12(23(31,32)33)6-15(24)18(14)25/h2-6,20H,7-9H2,1H3,(H,34,38)(H,35,37)/t21-/m1/s1. The van der Waals surface area contributed by atoms with E-state index >= 15 is 0 Å². The summed E-state index contributed by atoms with van der Waals surface area (Å²) < 4.78 is 119. The van der Waals surface area contributed by atoms with E-state index in [1.54, 1.807) is 5.32 Å². The molecule has 1 atom stereocenters. The van der Waals surface area contributed by atoms with Crippen LogP contribution in [0.2, 0.25) is 5.02 Å². The normalized spacial score (nSPS) is 17.6. The number of carbonyl (C=O) groups is 2. The molecule has 39 heavy (non-hydrogen) atoms. The molecule has 0 fully saturated rings. The smallest absolute Gasteiger partial charge is 0.377 e. The van der Waals surface area contributed by atoms with Crippen molar-refractivity contribution >= 4 is 29.1 Å². The number of hydrogen-bond acceptors (Lipinski definition) is 4. The average Bonchev–Trinajstić information content (AvgIpc) is 3.28. The number of nitrogens with one attached hydrogen (secondary N) is 2. The van der Waals surface area contributed by atoms with Crippen LogP contribution < -0.4 is 10.6 Å². The Balaban J connectivity index is 1.80. The van der Waals surface area contributed by atoms with E-state index in [1.807, 2.05) is 0 Å². The lowest BCUT2D eigenvalue weighted by Gasteiger charge is -2.27. The molecule has 1 aliphatic rings. The van der Waals surface area contributed by atoms with Gasteiger partial charge < -0.3 is 15.5 Å². The van der Waals surface area contributed by atoms with E-state index < -0.39 is 77.7 Å². The molecule has 2 aromatic carbocycles. The number of oxime groups is 1. The number of carbonyl (C=O) groups excluding carboxylic acids is 2. The van der Waals surface area contributed by atoms with Crippen LogP contribution in [0.25, 0.3) is 0 Å². The van der Waals surface area contributed by atoms with Crippen LogP contribution in [0.1, 0.15) is 39.0 Å². The minimum atomic E-state index is -5.02. The Labute approximate surface area is 219 Å². The van der Waals surface area contributed by atoms with Gasteiger partial charge in [0.2, 0.25) is 11.5 Å². The van der Waals surface area contributed by atoms with Gasteiger partial charge >= 0.3 is 12.4 Å². The molecule has 212 valence electrons. The summed E-state index contributed by atoms with van der Waals surface area (Å²) in [5, 5.41) is 6.19. The number of hydrogen-bond donors (Lipinski definition) is 2. The Bertz CT molecular complexity index is 1310. The number of nitrogens with zero attached hydrogens (tertiary/aromatic N) is 1. The highest BCUT2D eigenvalue weighted by Crippen LogP contribution is 2.46. The zero-order valence-corrected chi connectivity index (χ0v) is 20.3. The summed E-state index contributed by atoms with van der Waals surface area (Å²) in [7, 11) is 0. The van der Waals surface area contributed by atoms with Crippen LogP contribution in [0.15, 0.2) is 35.5 Å². The van der Waals surface area contributed by atoms with Crippen molar-refractivity contribution in [3.63, 3.8) is 0 Å². The van der Waals surface area contributed by atoms with Crippen molar-refractivity contribution in [1.82, 2.24) is 10.6 Å². The lowest BCUT2D eigenvalue weighted by molar-refractivity contribution is -0.140. The molecule has 6 nitrogen and oxygen atoms in total. The van der Waals surface area contributed by atoms with Crippen molar-refractivity contribution in [3.8, 4) is 0 Å². The van der Waals surface area contributed by atoms with Crippen molar-refractivity contribution in [2.24, 2.45) is 5.16 Å². The third-order valence-corrected chi connectivity index (χ3v) is 5.89. The van der Waals surface area contributed by atoms with Gasteiger partial charge in [-0.05, 0) is 42.3 Å². The molecule has 0 saturated heterocycles. The minimum absolute atomic E-state index is 0.0299. The van der Waals surface area contributed by atoms with Crippen LogP contribution in [0, 0.1) is 12.7 Å². The SMILES string of the molecule is Cc1cc(C2=NO[C@](c3cc(C(F)(F)F)cc(Cl)c3F)(C(F)F)C2)ccc1C(=O)NCC(=O)NCC(F)(F)F. The van der Waals surface area contributed by atoms with Crippen LogP contribution in [-0.2, 0) is 21.4 Å². The molecule has 0 radical (unpaired) electrons. The predicted molar refractivity (Wildman–Crippen MR) is 119 cm³/mol. The highest BCUT2D eigenvalue weighted by molar-refractivity contribution is 6.30. The van der Waals surface area contributed by atoms with Gasteiger partial charge in [0, 0.05) is 17.5 Å². The molecule has 2 N–H and O–H groups in total. The average molecular weight is 590 g/mol. The second-order valence-electron chi connectivity index (χ2n) is 8.42. The van der Waals surface area contributed by atoms with Crippen LogP contribution >= 0.6 is 11.6 Å². The second-order valence-corrected chi connectivity index (χ2v) is 8.83. The van der Waals surface area contributed by atoms with Gasteiger partial charge in [-0.2, -0.15) is 26.3 Å². The summed E-state index contributed by atoms with van der Waals surface area (Å²) in [6.45, 7) is -0.944. The molecule has 0 bridgehead atoms. The van der Waals surface area contributed by atoms with Crippen molar-refractivity contribution in [2.75, 3.05) is 13.1 Å². The van der Waals surface area contributed by atoms with E-state index in [0.29, 0.717) is 0 Å². The fourth-order valence-electron chi connectivity index (χ4n) is 3.66. The fraction of sp³-hybridized carbons (Fsp3) is 0.348. The molecule has 0 spiro atoms. The number of amides is 2. The third kappa shape index (κ3) is 6.75. The Morgan fingerprint density at radius 1 is 1.10 bits per heavy atom. The Morgan fingerprint density at radius 3 is 2.33 bits per heavy atom. The van der Waals surface area contributed by atoms with Gasteiger partial charge in [0.25, 0.3) is 12.3 Å². The van der Waals surface area contributed by atoms with E-state index in [9.17, 15) is 49.1 Å². The summed E-state index contributed by atoms with van der Waals surface area (Å²) in [4.78, 5) is 28.7. The molecule has 2 amide bonds. The number of aryl methyl sites for hydroxylation is 1. The van der Waals surface area contributed by atoms with E-state index in [2.05, 4.69) is 10.5 Å². The molecule has 16 heteroatoms. The number of benzene rings is 2. The summed E-state index contributed by atoms with van der Waals surface area (Å²) >= 11 is 5.55. The monoisotopic (exact) mass is 589 g/mol. The van der Waals surface area contributed by atoms with Gasteiger partial charge in [0.1, 0.15) is 12.4 Å². The van der Waals surface area contributed by atoms with Crippen LogP contribution in [0.5, 0.6) is 0 Å². The maximum atomic E-state index is 14.7. The Hall–Kier alpha value is -3.49. The Morgan fingerprint density at radius 2 is 1.77 bits per heavy atom. The topological polar surface area (TPSA) is 79.8 Å². The van der Waals surface area contributed by atoms with E-state index in [-0.39, 0.29) is 34.5 Å². The summed E-state index contributed by atoms with van der Waals surface area (Å²) in [5.41, 5.74) is -5.47. The lowest BCUT2D eigenvalue weighted by atomic mass is 9.85. The van der Waals surface area contributed by atoms with Gasteiger partial charge in [-0.15, -0.1) is 0 Å².